The lowest BCUT2D eigenvalue weighted by Crippen LogP contribution is -2.16. The van der Waals surface area contributed by atoms with Gasteiger partial charge in [-0.05, 0) is 12.1 Å². The number of hydrogen-bond acceptors (Lipinski definition) is 3. The van der Waals surface area contributed by atoms with Crippen LogP contribution >= 0.6 is 0 Å². The van der Waals surface area contributed by atoms with Crippen molar-refractivity contribution in [2.45, 2.75) is 6.54 Å². The van der Waals surface area contributed by atoms with E-state index in [4.69, 9.17) is 5.73 Å². The number of halogens is 2. The third kappa shape index (κ3) is 2.60. The molecule has 5 nitrogen and oxygen atoms in total. The molecule has 0 atom stereocenters. The summed E-state index contributed by atoms with van der Waals surface area (Å²) in [5.41, 5.74) is 5.72. The summed E-state index contributed by atoms with van der Waals surface area (Å²) in [6.45, 7) is 0.176. The van der Waals surface area contributed by atoms with Gasteiger partial charge in [0.25, 0.3) is 5.91 Å². The van der Waals surface area contributed by atoms with E-state index in [1.165, 1.54) is 16.8 Å². The average Bonchev–Trinajstić information content (AvgIpc) is 2.72. The van der Waals surface area contributed by atoms with E-state index in [1.54, 1.807) is 13.2 Å². The molecule has 0 saturated carbocycles. The first kappa shape index (κ1) is 13.2. The predicted octanol–water partition coefficient (Wildman–Crippen LogP) is 1.41. The third-order valence-corrected chi connectivity index (χ3v) is 2.55. The van der Waals surface area contributed by atoms with Gasteiger partial charge >= 0.3 is 0 Å². The van der Waals surface area contributed by atoms with E-state index in [-0.39, 0.29) is 17.9 Å². The van der Waals surface area contributed by atoms with Crippen molar-refractivity contribution in [1.82, 2.24) is 9.78 Å². The molecule has 3 N–H and O–H groups in total. The molecule has 2 aromatic rings. The zero-order valence-corrected chi connectivity index (χ0v) is 10.2. The highest BCUT2D eigenvalue weighted by atomic mass is 19.2. The summed E-state index contributed by atoms with van der Waals surface area (Å²) in [7, 11) is 1.66. The SMILES string of the molecule is Cn1cc(CN)c(NC(=O)c2cccc(F)c2F)n1. The Morgan fingerprint density at radius 2 is 2.21 bits per heavy atom. The van der Waals surface area contributed by atoms with Crippen molar-refractivity contribution in [2.24, 2.45) is 12.8 Å². The number of benzene rings is 1. The standard InChI is InChI=1S/C12H12F2N4O/c1-18-6-7(5-15)11(17-18)16-12(19)8-3-2-4-9(13)10(8)14/h2-4,6H,5,15H2,1H3,(H,16,17,19). The van der Waals surface area contributed by atoms with Crippen LogP contribution in [-0.2, 0) is 13.6 Å². The molecular weight excluding hydrogens is 254 g/mol. The molecule has 0 aliphatic rings. The number of carbonyl (C=O) groups excluding carboxylic acids is 1. The lowest BCUT2D eigenvalue weighted by molar-refractivity contribution is 0.102. The Morgan fingerprint density at radius 3 is 2.89 bits per heavy atom. The molecule has 100 valence electrons. The van der Waals surface area contributed by atoms with E-state index in [9.17, 15) is 13.6 Å². The number of nitrogens with zero attached hydrogens (tertiary/aromatic N) is 2. The van der Waals surface area contributed by atoms with Crippen LogP contribution < -0.4 is 11.1 Å². The zero-order chi connectivity index (χ0) is 14.0. The van der Waals surface area contributed by atoms with Crippen molar-refractivity contribution in [3.63, 3.8) is 0 Å². The first-order valence-electron chi connectivity index (χ1n) is 5.51. The largest absolute Gasteiger partial charge is 0.326 e. The number of rotatable bonds is 3. The van der Waals surface area contributed by atoms with Gasteiger partial charge in [0, 0.05) is 25.4 Å². The first-order chi connectivity index (χ1) is 9.02. The topological polar surface area (TPSA) is 72.9 Å². The molecule has 1 aromatic heterocycles. The number of hydrogen-bond donors (Lipinski definition) is 2. The van der Waals surface area contributed by atoms with Gasteiger partial charge in [-0.3, -0.25) is 9.48 Å². The van der Waals surface area contributed by atoms with Crippen LogP contribution in [0.3, 0.4) is 0 Å². The van der Waals surface area contributed by atoms with Gasteiger partial charge in [-0.15, -0.1) is 0 Å². The van der Waals surface area contributed by atoms with Gasteiger partial charge in [0.15, 0.2) is 17.5 Å². The average molecular weight is 266 g/mol. The maximum absolute atomic E-state index is 13.5. The van der Waals surface area contributed by atoms with E-state index in [0.717, 1.165) is 6.07 Å². The maximum Gasteiger partial charge on any atom is 0.259 e. The summed E-state index contributed by atoms with van der Waals surface area (Å²) in [5.74, 6) is -2.80. The third-order valence-electron chi connectivity index (χ3n) is 2.55. The number of carbonyl (C=O) groups is 1. The second-order valence-electron chi connectivity index (χ2n) is 3.94. The van der Waals surface area contributed by atoms with Gasteiger partial charge in [0.1, 0.15) is 0 Å². The molecular formula is C12H12F2N4O. The number of amides is 1. The number of nitrogens with two attached hydrogens (primary N) is 1. The Bertz CT molecular complexity index is 624. The Labute approximate surface area is 108 Å². The Morgan fingerprint density at radius 1 is 1.47 bits per heavy atom. The van der Waals surface area contributed by atoms with E-state index in [2.05, 4.69) is 10.4 Å². The molecule has 0 saturated heterocycles. The quantitative estimate of drug-likeness (QED) is 0.882. The van der Waals surface area contributed by atoms with Gasteiger partial charge < -0.3 is 11.1 Å². The van der Waals surface area contributed by atoms with Crippen LogP contribution in [0.25, 0.3) is 0 Å². The van der Waals surface area contributed by atoms with Gasteiger partial charge in [0.2, 0.25) is 0 Å². The summed E-state index contributed by atoms with van der Waals surface area (Å²) < 4.78 is 28.0. The zero-order valence-electron chi connectivity index (χ0n) is 10.2. The molecule has 2 rings (SSSR count). The second kappa shape index (κ2) is 5.15. The molecule has 0 radical (unpaired) electrons. The van der Waals surface area contributed by atoms with Crippen LogP contribution in [0.15, 0.2) is 24.4 Å². The summed E-state index contributed by atoms with van der Waals surface area (Å²) in [5, 5.41) is 6.40. The van der Waals surface area contributed by atoms with Crippen molar-refractivity contribution in [1.29, 1.82) is 0 Å². The molecule has 1 amide bonds. The first-order valence-corrected chi connectivity index (χ1v) is 5.51. The second-order valence-corrected chi connectivity index (χ2v) is 3.94. The van der Waals surface area contributed by atoms with Gasteiger partial charge in [-0.1, -0.05) is 6.07 Å². The molecule has 1 aromatic carbocycles. The fraction of sp³-hybridized carbons (Fsp3) is 0.167. The monoisotopic (exact) mass is 266 g/mol. The summed E-state index contributed by atoms with van der Waals surface area (Å²) >= 11 is 0. The number of aromatic nitrogens is 2. The normalized spacial score (nSPS) is 10.5. The van der Waals surface area contributed by atoms with E-state index >= 15 is 0 Å². The highest BCUT2D eigenvalue weighted by molar-refractivity contribution is 6.04. The molecule has 19 heavy (non-hydrogen) atoms. The van der Waals surface area contributed by atoms with Crippen molar-refractivity contribution in [3.8, 4) is 0 Å². The van der Waals surface area contributed by atoms with Crippen molar-refractivity contribution < 1.29 is 13.6 Å². The lowest BCUT2D eigenvalue weighted by Gasteiger charge is -2.05. The number of anilines is 1. The molecule has 0 bridgehead atoms. The van der Waals surface area contributed by atoms with Crippen LogP contribution in [0.1, 0.15) is 15.9 Å². The van der Waals surface area contributed by atoms with Crippen LogP contribution in [0.5, 0.6) is 0 Å². The van der Waals surface area contributed by atoms with E-state index < -0.39 is 17.5 Å². The molecule has 1 heterocycles. The summed E-state index contributed by atoms with van der Waals surface area (Å²) in [6, 6.07) is 3.40. The molecule has 0 aliphatic carbocycles. The van der Waals surface area contributed by atoms with Crippen LogP contribution in [0.4, 0.5) is 14.6 Å². The highest BCUT2D eigenvalue weighted by Gasteiger charge is 2.17. The fourth-order valence-electron chi connectivity index (χ4n) is 1.65. The predicted molar refractivity (Wildman–Crippen MR) is 65.4 cm³/mol. The van der Waals surface area contributed by atoms with Crippen molar-refractivity contribution >= 4 is 11.7 Å². The highest BCUT2D eigenvalue weighted by Crippen LogP contribution is 2.16. The molecule has 0 unspecified atom stereocenters. The van der Waals surface area contributed by atoms with Crippen LogP contribution in [0.2, 0.25) is 0 Å². The van der Waals surface area contributed by atoms with E-state index in [0.29, 0.717) is 5.56 Å². The minimum Gasteiger partial charge on any atom is -0.326 e. The number of aryl methyl sites for hydroxylation is 1. The van der Waals surface area contributed by atoms with Crippen LogP contribution in [0, 0.1) is 11.6 Å². The smallest absolute Gasteiger partial charge is 0.259 e. The fourth-order valence-corrected chi connectivity index (χ4v) is 1.65. The maximum atomic E-state index is 13.5. The minimum absolute atomic E-state index is 0.176. The molecule has 0 fully saturated rings. The number of nitrogens with one attached hydrogen (secondary N) is 1. The van der Waals surface area contributed by atoms with Crippen molar-refractivity contribution in [3.05, 3.63) is 47.2 Å². The Balaban J connectivity index is 2.28. The summed E-state index contributed by atoms with van der Waals surface area (Å²) in [6.07, 6.45) is 1.64. The van der Waals surface area contributed by atoms with Crippen LogP contribution in [-0.4, -0.2) is 15.7 Å². The van der Waals surface area contributed by atoms with Gasteiger partial charge in [0.05, 0.1) is 5.56 Å². The Kier molecular flexibility index (Phi) is 3.57. The summed E-state index contributed by atoms with van der Waals surface area (Å²) in [4.78, 5) is 11.9. The van der Waals surface area contributed by atoms with Gasteiger partial charge in [-0.25, -0.2) is 8.78 Å². The molecule has 0 aliphatic heterocycles. The molecule has 7 heteroatoms. The van der Waals surface area contributed by atoms with Crippen molar-refractivity contribution in [2.75, 3.05) is 5.32 Å². The van der Waals surface area contributed by atoms with E-state index in [1.807, 2.05) is 0 Å². The minimum atomic E-state index is -1.19. The lowest BCUT2D eigenvalue weighted by atomic mass is 10.2. The van der Waals surface area contributed by atoms with Gasteiger partial charge in [-0.2, -0.15) is 5.10 Å². The Hall–Kier alpha value is -2.28. The molecule has 0 spiro atoms.